The van der Waals surface area contributed by atoms with Crippen molar-refractivity contribution in [2.24, 2.45) is 0 Å². The number of carbonyl (C=O) groups excluding carboxylic acids is 1. The molecule has 3 heteroatoms. The van der Waals surface area contributed by atoms with E-state index in [4.69, 9.17) is 9.47 Å². The van der Waals surface area contributed by atoms with Crippen LogP contribution in [0.25, 0.3) is 0 Å². The molecule has 0 aliphatic rings. The number of para-hydroxylation sites is 1. The van der Waals surface area contributed by atoms with Crippen LogP contribution >= 0.6 is 0 Å². The molecule has 0 aliphatic carbocycles. The fourth-order valence-corrected chi connectivity index (χ4v) is 3.35. The summed E-state index contributed by atoms with van der Waals surface area (Å²) in [5.41, 5.74) is 2.74. The number of carbonyl (C=O) groups is 1. The first kappa shape index (κ1) is 21.2. The van der Waals surface area contributed by atoms with Crippen molar-refractivity contribution in [1.29, 1.82) is 0 Å². The van der Waals surface area contributed by atoms with Crippen LogP contribution in [-0.4, -0.2) is 13.1 Å². The predicted molar refractivity (Wildman–Crippen MR) is 110 cm³/mol. The maximum atomic E-state index is 12.7. The van der Waals surface area contributed by atoms with Crippen molar-refractivity contribution in [3.05, 3.63) is 65.2 Å². The van der Waals surface area contributed by atoms with Gasteiger partial charge < -0.3 is 9.47 Å². The quantitative estimate of drug-likeness (QED) is 0.346. The number of methoxy groups -OCH3 is 1. The molecule has 2 unspecified atom stereocenters. The predicted octanol–water partition coefficient (Wildman–Crippen LogP) is 6.69. The minimum Gasteiger partial charge on any atom is -0.423 e. The number of rotatable bonds is 10. The highest BCUT2D eigenvalue weighted by molar-refractivity contribution is 5.91. The fraction of sp³-hybridized carbons (Fsp3) is 0.458. The molecule has 0 aliphatic heterocycles. The summed E-state index contributed by atoms with van der Waals surface area (Å²) >= 11 is 0. The number of esters is 1. The van der Waals surface area contributed by atoms with Gasteiger partial charge in [-0.25, -0.2) is 4.79 Å². The number of hydrogen-bond donors (Lipinski definition) is 0. The van der Waals surface area contributed by atoms with Crippen LogP contribution in [0.5, 0.6) is 5.75 Å². The van der Waals surface area contributed by atoms with E-state index in [1.807, 2.05) is 37.3 Å². The Morgan fingerprint density at radius 3 is 2.30 bits per heavy atom. The lowest BCUT2D eigenvalue weighted by Gasteiger charge is -2.19. The highest BCUT2D eigenvalue weighted by Crippen LogP contribution is 2.34. The van der Waals surface area contributed by atoms with Gasteiger partial charge in [0.15, 0.2) is 0 Å². The maximum absolute atomic E-state index is 12.7. The van der Waals surface area contributed by atoms with Gasteiger partial charge in [0.1, 0.15) is 5.75 Å². The van der Waals surface area contributed by atoms with E-state index >= 15 is 0 Å². The number of unbranched alkanes of at least 4 members (excludes halogenated alkanes) is 1. The molecule has 146 valence electrons. The van der Waals surface area contributed by atoms with Gasteiger partial charge in [0.2, 0.25) is 0 Å². The molecule has 0 N–H and O–H groups in total. The molecule has 2 aromatic carbocycles. The van der Waals surface area contributed by atoms with E-state index in [0.29, 0.717) is 17.2 Å². The summed E-state index contributed by atoms with van der Waals surface area (Å²) in [4.78, 5) is 12.7. The minimum atomic E-state index is -0.315. The Bertz CT molecular complexity index is 706. The smallest absolute Gasteiger partial charge is 0.343 e. The van der Waals surface area contributed by atoms with Crippen LogP contribution in [0.3, 0.4) is 0 Å². The van der Waals surface area contributed by atoms with Gasteiger partial charge in [-0.3, -0.25) is 0 Å². The summed E-state index contributed by atoms with van der Waals surface area (Å²) in [6.45, 7) is 6.40. The lowest BCUT2D eigenvalue weighted by molar-refractivity contribution is 0.0732. The second-order valence-electron chi connectivity index (χ2n) is 7.06. The Balaban J connectivity index is 2.17. The van der Waals surface area contributed by atoms with Gasteiger partial charge in [-0.15, -0.1) is 0 Å². The van der Waals surface area contributed by atoms with Crippen LogP contribution in [0.1, 0.15) is 86.4 Å². The lowest BCUT2D eigenvalue weighted by atomic mass is 9.89. The SMILES string of the molecule is CCCCC(CCC)c1ccccc1OC(=O)c1ccc(C(C)OC)cc1. The Morgan fingerprint density at radius 1 is 0.963 bits per heavy atom. The molecule has 0 radical (unpaired) electrons. The van der Waals surface area contributed by atoms with Crippen LogP contribution in [0.4, 0.5) is 0 Å². The molecule has 2 atom stereocenters. The Kier molecular flexibility index (Phi) is 8.53. The zero-order chi connectivity index (χ0) is 19.6. The highest BCUT2D eigenvalue weighted by Gasteiger charge is 2.18. The molecule has 0 saturated carbocycles. The first-order chi connectivity index (χ1) is 13.1. The molecule has 0 bridgehead atoms. The first-order valence-corrected chi connectivity index (χ1v) is 10.0. The first-order valence-electron chi connectivity index (χ1n) is 10.0. The number of ether oxygens (including phenoxy) is 2. The lowest BCUT2D eigenvalue weighted by Crippen LogP contribution is -2.11. The normalized spacial score (nSPS) is 13.2. The largest absolute Gasteiger partial charge is 0.423 e. The topological polar surface area (TPSA) is 35.5 Å². The second-order valence-corrected chi connectivity index (χ2v) is 7.06. The molecule has 0 aromatic heterocycles. The summed E-state index contributed by atoms with van der Waals surface area (Å²) < 4.78 is 11.1. The van der Waals surface area contributed by atoms with Crippen molar-refractivity contribution in [2.45, 2.75) is 64.9 Å². The number of hydrogen-bond acceptors (Lipinski definition) is 3. The molecular formula is C24H32O3. The number of benzene rings is 2. The van der Waals surface area contributed by atoms with E-state index in [0.717, 1.165) is 30.4 Å². The molecule has 0 spiro atoms. The van der Waals surface area contributed by atoms with Crippen molar-refractivity contribution in [3.63, 3.8) is 0 Å². The van der Waals surface area contributed by atoms with Crippen molar-refractivity contribution in [2.75, 3.05) is 7.11 Å². The van der Waals surface area contributed by atoms with E-state index in [2.05, 4.69) is 19.9 Å². The summed E-state index contributed by atoms with van der Waals surface area (Å²) in [5.74, 6) is 0.806. The Labute approximate surface area is 163 Å². The molecule has 0 saturated heterocycles. The van der Waals surface area contributed by atoms with Gasteiger partial charge >= 0.3 is 5.97 Å². The summed E-state index contributed by atoms with van der Waals surface area (Å²) in [7, 11) is 1.68. The average Bonchev–Trinajstić information content (AvgIpc) is 2.71. The molecule has 3 nitrogen and oxygen atoms in total. The van der Waals surface area contributed by atoms with Crippen LogP contribution in [0.2, 0.25) is 0 Å². The van der Waals surface area contributed by atoms with Crippen molar-refractivity contribution < 1.29 is 14.3 Å². The molecule has 0 heterocycles. The Morgan fingerprint density at radius 2 is 1.67 bits per heavy atom. The molecule has 0 amide bonds. The van der Waals surface area contributed by atoms with Crippen molar-refractivity contribution in [1.82, 2.24) is 0 Å². The summed E-state index contributed by atoms with van der Waals surface area (Å²) in [6.07, 6.45) is 5.72. The van der Waals surface area contributed by atoms with E-state index in [9.17, 15) is 4.79 Å². The molecular weight excluding hydrogens is 336 g/mol. The van der Waals surface area contributed by atoms with Crippen LogP contribution in [-0.2, 0) is 4.74 Å². The molecule has 27 heavy (non-hydrogen) atoms. The van der Waals surface area contributed by atoms with Gasteiger partial charge in [0.05, 0.1) is 11.7 Å². The minimum absolute atomic E-state index is 0.00386. The molecule has 2 rings (SSSR count). The fourth-order valence-electron chi connectivity index (χ4n) is 3.35. The summed E-state index contributed by atoms with van der Waals surface area (Å²) in [5, 5.41) is 0. The van der Waals surface area contributed by atoms with E-state index in [1.165, 1.54) is 12.8 Å². The average molecular weight is 369 g/mol. The molecule has 0 fully saturated rings. The third-order valence-electron chi connectivity index (χ3n) is 5.07. The van der Waals surface area contributed by atoms with E-state index in [-0.39, 0.29) is 12.1 Å². The van der Waals surface area contributed by atoms with E-state index < -0.39 is 0 Å². The van der Waals surface area contributed by atoms with Gasteiger partial charge in [0.25, 0.3) is 0 Å². The van der Waals surface area contributed by atoms with Crippen molar-refractivity contribution in [3.8, 4) is 5.75 Å². The zero-order valence-electron chi connectivity index (χ0n) is 17.0. The third-order valence-corrected chi connectivity index (χ3v) is 5.07. The maximum Gasteiger partial charge on any atom is 0.343 e. The van der Waals surface area contributed by atoms with Crippen LogP contribution in [0, 0.1) is 0 Å². The van der Waals surface area contributed by atoms with Crippen LogP contribution in [0.15, 0.2) is 48.5 Å². The van der Waals surface area contributed by atoms with Crippen molar-refractivity contribution >= 4 is 5.97 Å². The second kappa shape index (κ2) is 10.9. The Hall–Kier alpha value is -2.13. The van der Waals surface area contributed by atoms with E-state index in [1.54, 1.807) is 19.2 Å². The standard InChI is InChI=1S/C24H32O3/c1-5-7-11-20(10-6-2)22-12-8-9-13-23(22)27-24(25)21-16-14-19(15-17-21)18(3)26-4/h8-9,12-18,20H,5-7,10-11H2,1-4H3. The van der Waals surface area contributed by atoms with Gasteiger partial charge in [-0.05, 0) is 55.0 Å². The monoisotopic (exact) mass is 368 g/mol. The third kappa shape index (κ3) is 5.93. The highest BCUT2D eigenvalue weighted by atomic mass is 16.5. The summed E-state index contributed by atoms with van der Waals surface area (Å²) in [6, 6.07) is 15.4. The molecule has 2 aromatic rings. The van der Waals surface area contributed by atoms with Crippen LogP contribution < -0.4 is 4.74 Å². The zero-order valence-corrected chi connectivity index (χ0v) is 17.0. The van der Waals surface area contributed by atoms with Gasteiger partial charge in [-0.1, -0.05) is 63.4 Å². The van der Waals surface area contributed by atoms with Gasteiger partial charge in [-0.2, -0.15) is 0 Å². The van der Waals surface area contributed by atoms with Gasteiger partial charge in [0, 0.05) is 7.11 Å².